The maximum atomic E-state index is 12.5. The first-order chi connectivity index (χ1) is 13.7. The molecule has 9 heteroatoms. The first-order valence-electron chi connectivity index (χ1n) is 9.26. The number of amides is 1. The fraction of sp³-hybridized carbons (Fsp3) is 0.350. The molecule has 3 rings (SSSR count). The molecule has 0 unspecified atom stereocenters. The molecule has 1 amide bonds. The molecule has 0 radical (unpaired) electrons. The van der Waals surface area contributed by atoms with Crippen LogP contribution in [0.5, 0.6) is 0 Å². The van der Waals surface area contributed by atoms with Crippen LogP contribution in [0.2, 0.25) is 10.0 Å². The number of aryl methyl sites for hydroxylation is 1. The summed E-state index contributed by atoms with van der Waals surface area (Å²) in [4.78, 5) is 16.4. The quantitative estimate of drug-likeness (QED) is 0.691. The lowest BCUT2D eigenvalue weighted by atomic mass is 10.1. The second kappa shape index (κ2) is 9.24. The Bertz CT molecular complexity index is 981. The number of piperazine rings is 1. The molecule has 1 fully saturated rings. The summed E-state index contributed by atoms with van der Waals surface area (Å²) in [5, 5.41) is 0.984. The number of carbonyl (C=O) groups excluding carboxylic acids is 1. The van der Waals surface area contributed by atoms with Gasteiger partial charge in [-0.2, -0.15) is 0 Å². The van der Waals surface area contributed by atoms with E-state index in [-0.39, 0.29) is 5.91 Å². The molecular weight excluding hydrogens is 433 g/mol. The van der Waals surface area contributed by atoms with Gasteiger partial charge in [0, 0.05) is 31.0 Å². The van der Waals surface area contributed by atoms with Crippen molar-refractivity contribution in [2.24, 2.45) is 0 Å². The van der Waals surface area contributed by atoms with Crippen molar-refractivity contribution in [3.05, 3.63) is 58.1 Å². The molecular formula is C20H23Cl2N3O3S. The molecule has 1 heterocycles. The number of anilines is 2. The highest BCUT2D eigenvalue weighted by Crippen LogP contribution is 2.28. The van der Waals surface area contributed by atoms with E-state index in [0.717, 1.165) is 36.9 Å². The lowest BCUT2D eigenvalue weighted by Gasteiger charge is -2.35. The Balaban J connectivity index is 1.47. The fourth-order valence-corrected chi connectivity index (χ4v) is 4.13. The van der Waals surface area contributed by atoms with E-state index in [0.29, 0.717) is 35.4 Å². The van der Waals surface area contributed by atoms with Gasteiger partial charge in [0.05, 0.1) is 22.8 Å². The lowest BCUT2D eigenvalue weighted by molar-refractivity contribution is -0.131. The number of benzene rings is 2. The number of carbonyl (C=O) groups is 1. The lowest BCUT2D eigenvalue weighted by Crippen LogP contribution is -2.50. The second-order valence-electron chi connectivity index (χ2n) is 7.08. The third kappa shape index (κ3) is 6.26. The molecule has 1 saturated heterocycles. The molecule has 29 heavy (non-hydrogen) atoms. The molecule has 156 valence electrons. The minimum absolute atomic E-state index is 0.0926. The summed E-state index contributed by atoms with van der Waals surface area (Å²) in [6.45, 7) is 2.42. The maximum absolute atomic E-state index is 12.5. The SMILES string of the molecule is CS(=O)(=O)Nc1ccc(CCCN2CCN(c3ccc(Cl)c(Cl)c3)CC2=O)cc1. The van der Waals surface area contributed by atoms with Crippen LogP contribution in [-0.2, 0) is 21.2 Å². The monoisotopic (exact) mass is 455 g/mol. The molecule has 1 N–H and O–H groups in total. The largest absolute Gasteiger partial charge is 0.360 e. The highest BCUT2D eigenvalue weighted by atomic mass is 35.5. The zero-order chi connectivity index (χ0) is 21.0. The van der Waals surface area contributed by atoms with E-state index in [1.54, 1.807) is 24.3 Å². The van der Waals surface area contributed by atoms with Gasteiger partial charge >= 0.3 is 0 Å². The summed E-state index contributed by atoms with van der Waals surface area (Å²) in [5.41, 5.74) is 2.55. The zero-order valence-corrected chi connectivity index (χ0v) is 18.4. The normalized spacial score (nSPS) is 14.9. The van der Waals surface area contributed by atoms with Gasteiger partial charge in [-0.3, -0.25) is 9.52 Å². The van der Waals surface area contributed by atoms with Crippen LogP contribution < -0.4 is 9.62 Å². The standard InChI is InChI=1S/C20H23Cl2N3O3S/c1-29(27,28)23-16-6-4-15(5-7-16)3-2-10-24-11-12-25(14-20(24)26)17-8-9-18(21)19(22)13-17/h4-9,13,23H,2-3,10-12,14H2,1H3. The third-order valence-electron chi connectivity index (χ3n) is 4.74. The highest BCUT2D eigenvalue weighted by Gasteiger charge is 2.24. The minimum Gasteiger partial charge on any atom is -0.360 e. The fourth-order valence-electron chi connectivity index (χ4n) is 3.27. The summed E-state index contributed by atoms with van der Waals surface area (Å²) in [6, 6.07) is 12.7. The molecule has 0 saturated carbocycles. The molecule has 6 nitrogen and oxygen atoms in total. The molecule has 2 aromatic carbocycles. The van der Waals surface area contributed by atoms with Crippen molar-refractivity contribution in [3.63, 3.8) is 0 Å². The van der Waals surface area contributed by atoms with Crippen LogP contribution in [0.1, 0.15) is 12.0 Å². The molecule has 1 aliphatic heterocycles. The minimum atomic E-state index is -3.27. The molecule has 0 bridgehead atoms. The number of sulfonamides is 1. The second-order valence-corrected chi connectivity index (χ2v) is 9.64. The molecule has 0 aliphatic carbocycles. The Morgan fingerprint density at radius 3 is 2.38 bits per heavy atom. The number of halogens is 2. The van der Waals surface area contributed by atoms with E-state index in [9.17, 15) is 13.2 Å². The van der Waals surface area contributed by atoms with Gasteiger partial charge in [0.1, 0.15) is 0 Å². The Hall–Kier alpha value is -1.96. The summed E-state index contributed by atoms with van der Waals surface area (Å²) in [7, 11) is -3.27. The van der Waals surface area contributed by atoms with Crippen LogP contribution in [0, 0.1) is 0 Å². The maximum Gasteiger partial charge on any atom is 0.242 e. The van der Waals surface area contributed by atoms with E-state index >= 15 is 0 Å². The predicted molar refractivity (Wildman–Crippen MR) is 118 cm³/mol. The van der Waals surface area contributed by atoms with Crippen molar-refractivity contribution in [1.29, 1.82) is 0 Å². The van der Waals surface area contributed by atoms with Crippen molar-refractivity contribution >= 4 is 50.5 Å². The van der Waals surface area contributed by atoms with Gasteiger partial charge < -0.3 is 9.80 Å². The van der Waals surface area contributed by atoms with Crippen LogP contribution in [0.15, 0.2) is 42.5 Å². The average molecular weight is 456 g/mol. The van der Waals surface area contributed by atoms with Gasteiger partial charge in [-0.1, -0.05) is 35.3 Å². The summed E-state index contributed by atoms with van der Waals surface area (Å²) in [6.07, 6.45) is 2.79. The van der Waals surface area contributed by atoms with E-state index < -0.39 is 10.0 Å². The van der Waals surface area contributed by atoms with Gasteiger partial charge in [0.25, 0.3) is 0 Å². The van der Waals surface area contributed by atoms with Crippen LogP contribution >= 0.6 is 23.2 Å². The number of hydrogen-bond acceptors (Lipinski definition) is 4. The molecule has 0 spiro atoms. The Morgan fingerprint density at radius 2 is 1.76 bits per heavy atom. The molecule has 0 atom stereocenters. The van der Waals surface area contributed by atoms with Crippen LogP contribution in [0.3, 0.4) is 0 Å². The third-order valence-corrected chi connectivity index (χ3v) is 6.08. The van der Waals surface area contributed by atoms with E-state index in [4.69, 9.17) is 23.2 Å². The van der Waals surface area contributed by atoms with E-state index in [2.05, 4.69) is 4.72 Å². The number of nitrogens with one attached hydrogen (secondary N) is 1. The zero-order valence-electron chi connectivity index (χ0n) is 16.1. The molecule has 2 aromatic rings. The average Bonchev–Trinajstić information content (AvgIpc) is 2.65. The van der Waals surface area contributed by atoms with Crippen LogP contribution in [-0.4, -0.2) is 51.7 Å². The first-order valence-corrected chi connectivity index (χ1v) is 11.9. The topological polar surface area (TPSA) is 69.7 Å². The van der Waals surface area contributed by atoms with Crippen molar-refractivity contribution in [3.8, 4) is 0 Å². The molecule has 1 aliphatic rings. The summed E-state index contributed by atoms with van der Waals surface area (Å²) in [5.74, 6) is 0.0926. The van der Waals surface area contributed by atoms with Crippen molar-refractivity contribution < 1.29 is 13.2 Å². The summed E-state index contributed by atoms with van der Waals surface area (Å²) >= 11 is 12.0. The predicted octanol–water partition coefficient (Wildman–Crippen LogP) is 3.65. The van der Waals surface area contributed by atoms with Crippen molar-refractivity contribution in [2.45, 2.75) is 12.8 Å². The van der Waals surface area contributed by atoms with Crippen molar-refractivity contribution in [1.82, 2.24) is 4.90 Å². The van der Waals surface area contributed by atoms with Crippen LogP contribution in [0.4, 0.5) is 11.4 Å². The number of nitrogens with zero attached hydrogens (tertiary/aromatic N) is 2. The van der Waals surface area contributed by atoms with Gasteiger partial charge in [-0.15, -0.1) is 0 Å². The smallest absolute Gasteiger partial charge is 0.242 e. The van der Waals surface area contributed by atoms with Crippen molar-refractivity contribution in [2.75, 3.05) is 42.1 Å². The summed E-state index contributed by atoms with van der Waals surface area (Å²) < 4.78 is 24.9. The Morgan fingerprint density at radius 1 is 1.03 bits per heavy atom. The van der Waals surface area contributed by atoms with Gasteiger partial charge in [0.2, 0.25) is 15.9 Å². The van der Waals surface area contributed by atoms with E-state index in [1.807, 2.05) is 28.0 Å². The van der Waals surface area contributed by atoms with E-state index in [1.165, 1.54) is 0 Å². The molecule has 0 aromatic heterocycles. The Labute approximate surface area is 181 Å². The van der Waals surface area contributed by atoms with Crippen LogP contribution in [0.25, 0.3) is 0 Å². The van der Waals surface area contributed by atoms with Gasteiger partial charge in [-0.05, 0) is 48.7 Å². The number of rotatable bonds is 7. The number of hydrogen-bond donors (Lipinski definition) is 1. The first kappa shape index (κ1) is 21.7. The highest BCUT2D eigenvalue weighted by molar-refractivity contribution is 7.92. The van der Waals surface area contributed by atoms with Gasteiger partial charge in [-0.25, -0.2) is 8.42 Å². The van der Waals surface area contributed by atoms with Gasteiger partial charge in [0.15, 0.2) is 0 Å². The Kier molecular flexibility index (Phi) is 6.93.